The summed E-state index contributed by atoms with van der Waals surface area (Å²) >= 11 is 3.10. The zero-order valence-corrected chi connectivity index (χ0v) is 12.7. The second-order valence-electron chi connectivity index (χ2n) is 3.96. The number of halogens is 3. The highest BCUT2D eigenvalue weighted by Gasteiger charge is 2.20. The van der Waals surface area contributed by atoms with Crippen LogP contribution < -0.4 is 10.5 Å². The average molecular weight is 371 g/mol. The molecule has 0 heterocycles. The Hall–Kier alpha value is -1.06. The first kappa shape index (κ1) is 17.0. The number of carbonyl (C=O) groups excluding carboxylic acids is 1. The largest absolute Gasteiger partial charge is 0.370 e. The van der Waals surface area contributed by atoms with Crippen LogP contribution in [-0.2, 0) is 21.2 Å². The molecule has 0 fully saturated rings. The molecule has 1 aromatic carbocycles. The van der Waals surface area contributed by atoms with Gasteiger partial charge in [-0.25, -0.2) is 21.9 Å². The molecule has 3 N–H and O–H groups in total. The van der Waals surface area contributed by atoms with Crippen LogP contribution in [0.4, 0.5) is 8.78 Å². The zero-order valence-electron chi connectivity index (χ0n) is 10.3. The predicted octanol–water partition coefficient (Wildman–Crippen LogP) is 1.41. The van der Waals surface area contributed by atoms with Crippen molar-refractivity contribution >= 4 is 31.9 Å². The summed E-state index contributed by atoms with van der Waals surface area (Å²) < 4.78 is 51.6. The molecule has 0 saturated heterocycles. The first-order valence-electron chi connectivity index (χ1n) is 5.57. The van der Waals surface area contributed by atoms with Gasteiger partial charge < -0.3 is 5.73 Å². The van der Waals surface area contributed by atoms with Crippen LogP contribution in [0.2, 0.25) is 0 Å². The quantitative estimate of drug-likeness (QED) is 0.760. The van der Waals surface area contributed by atoms with E-state index in [4.69, 9.17) is 5.73 Å². The van der Waals surface area contributed by atoms with E-state index in [1.54, 1.807) is 0 Å². The van der Waals surface area contributed by atoms with Crippen molar-refractivity contribution in [1.82, 2.24) is 4.72 Å². The molecular weight excluding hydrogens is 358 g/mol. The fourth-order valence-corrected chi connectivity index (χ4v) is 3.19. The van der Waals surface area contributed by atoms with Crippen molar-refractivity contribution in [2.75, 3.05) is 6.54 Å². The van der Waals surface area contributed by atoms with Gasteiger partial charge in [0, 0.05) is 23.9 Å². The van der Waals surface area contributed by atoms with Crippen LogP contribution in [0, 0.1) is 0 Å². The fourth-order valence-electron chi connectivity index (χ4n) is 1.52. The molecule has 112 valence electrons. The molecule has 0 aliphatic carbocycles. The van der Waals surface area contributed by atoms with Gasteiger partial charge >= 0.3 is 0 Å². The monoisotopic (exact) mass is 370 g/mol. The SMILES string of the molecule is NC(=O)CCNS(=O)(=O)c1ccc(Br)cc1CC(F)F. The van der Waals surface area contributed by atoms with Gasteiger partial charge in [-0.05, 0) is 23.8 Å². The van der Waals surface area contributed by atoms with E-state index in [-0.39, 0.29) is 23.4 Å². The van der Waals surface area contributed by atoms with Crippen LogP contribution in [-0.4, -0.2) is 27.3 Å². The van der Waals surface area contributed by atoms with E-state index >= 15 is 0 Å². The maximum Gasteiger partial charge on any atom is 0.242 e. The molecule has 0 bridgehead atoms. The summed E-state index contributed by atoms with van der Waals surface area (Å²) in [7, 11) is -3.96. The molecular formula is C11H13BrF2N2O3S. The van der Waals surface area contributed by atoms with Crippen LogP contribution in [0.5, 0.6) is 0 Å². The van der Waals surface area contributed by atoms with Crippen LogP contribution in [0.1, 0.15) is 12.0 Å². The zero-order chi connectivity index (χ0) is 15.3. The first-order valence-corrected chi connectivity index (χ1v) is 7.84. The lowest BCUT2D eigenvalue weighted by molar-refractivity contribution is -0.117. The summed E-state index contributed by atoms with van der Waals surface area (Å²) in [5, 5.41) is 0. The van der Waals surface area contributed by atoms with Gasteiger partial charge in [0.2, 0.25) is 22.4 Å². The van der Waals surface area contributed by atoms with E-state index in [2.05, 4.69) is 20.7 Å². The third-order valence-corrected chi connectivity index (χ3v) is 4.40. The van der Waals surface area contributed by atoms with Crippen LogP contribution in [0.25, 0.3) is 0 Å². The summed E-state index contributed by atoms with van der Waals surface area (Å²) in [6.07, 6.45) is -3.50. The maximum atomic E-state index is 12.5. The molecule has 0 aliphatic rings. The van der Waals surface area contributed by atoms with Gasteiger partial charge in [-0.3, -0.25) is 4.79 Å². The van der Waals surface area contributed by atoms with Crippen molar-refractivity contribution < 1.29 is 22.0 Å². The summed E-state index contributed by atoms with van der Waals surface area (Å²) in [5.41, 5.74) is 4.90. The van der Waals surface area contributed by atoms with Gasteiger partial charge in [0.1, 0.15) is 0 Å². The maximum absolute atomic E-state index is 12.5. The molecule has 0 spiro atoms. The minimum atomic E-state index is -3.96. The number of amides is 1. The summed E-state index contributed by atoms with van der Waals surface area (Å²) in [5.74, 6) is -0.656. The number of nitrogens with two attached hydrogens (primary N) is 1. The Bertz CT molecular complexity index is 593. The third kappa shape index (κ3) is 5.14. The topological polar surface area (TPSA) is 89.3 Å². The number of benzene rings is 1. The van der Waals surface area contributed by atoms with Gasteiger partial charge in [-0.1, -0.05) is 15.9 Å². The predicted molar refractivity (Wildman–Crippen MR) is 72.8 cm³/mol. The molecule has 0 unspecified atom stereocenters. The molecule has 5 nitrogen and oxygen atoms in total. The number of hydrogen-bond donors (Lipinski definition) is 2. The normalized spacial score (nSPS) is 11.8. The molecule has 20 heavy (non-hydrogen) atoms. The van der Waals surface area contributed by atoms with Gasteiger partial charge in [-0.15, -0.1) is 0 Å². The van der Waals surface area contributed by atoms with Crippen molar-refractivity contribution in [3.63, 3.8) is 0 Å². The fraction of sp³-hybridized carbons (Fsp3) is 0.364. The molecule has 0 radical (unpaired) electrons. The van der Waals surface area contributed by atoms with Gasteiger partial charge in [0.05, 0.1) is 4.90 Å². The van der Waals surface area contributed by atoms with E-state index in [0.29, 0.717) is 4.47 Å². The van der Waals surface area contributed by atoms with Crippen LogP contribution in [0.3, 0.4) is 0 Å². The Labute approximate surface area is 123 Å². The lowest BCUT2D eigenvalue weighted by Crippen LogP contribution is -2.29. The lowest BCUT2D eigenvalue weighted by atomic mass is 10.1. The molecule has 0 saturated carbocycles. The van der Waals surface area contributed by atoms with Gasteiger partial charge in [0.25, 0.3) is 0 Å². The highest BCUT2D eigenvalue weighted by atomic mass is 79.9. The number of primary amides is 1. The van der Waals surface area contributed by atoms with Crippen LogP contribution >= 0.6 is 15.9 Å². The smallest absolute Gasteiger partial charge is 0.242 e. The third-order valence-electron chi connectivity index (χ3n) is 2.35. The first-order chi connectivity index (χ1) is 9.22. The van der Waals surface area contributed by atoms with Crippen molar-refractivity contribution in [2.45, 2.75) is 24.2 Å². The molecule has 1 amide bonds. The Morgan fingerprint density at radius 3 is 2.60 bits per heavy atom. The second-order valence-corrected chi connectivity index (χ2v) is 6.61. The second kappa shape index (κ2) is 7.09. The van der Waals surface area contributed by atoms with E-state index in [1.165, 1.54) is 18.2 Å². The molecule has 1 rings (SSSR count). The molecule has 0 aliphatic heterocycles. The molecule has 0 atom stereocenters. The van der Waals surface area contributed by atoms with E-state index in [9.17, 15) is 22.0 Å². The Kier molecular flexibility index (Phi) is 6.03. The van der Waals surface area contributed by atoms with E-state index < -0.39 is 28.8 Å². The minimum Gasteiger partial charge on any atom is -0.370 e. The van der Waals surface area contributed by atoms with Crippen molar-refractivity contribution in [3.05, 3.63) is 28.2 Å². The number of sulfonamides is 1. The highest BCUT2D eigenvalue weighted by Crippen LogP contribution is 2.23. The van der Waals surface area contributed by atoms with Crippen LogP contribution in [0.15, 0.2) is 27.6 Å². The number of nitrogens with one attached hydrogen (secondary N) is 1. The Morgan fingerprint density at radius 2 is 2.05 bits per heavy atom. The average Bonchev–Trinajstić information content (AvgIpc) is 2.26. The Balaban J connectivity index is 3.01. The number of alkyl halides is 2. The van der Waals surface area contributed by atoms with Crippen molar-refractivity contribution in [1.29, 1.82) is 0 Å². The van der Waals surface area contributed by atoms with Crippen molar-refractivity contribution in [3.8, 4) is 0 Å². The molecule has 1 aromatic rings. The Morgan fingerprint density at radius 1 is 1.40 bits per heavy atom. The number of rotatable bonds is 7. The van der Waals surface area contributed by atoms with Gasteiger partial charge in [0.15, 0.2) is 0 Å². The van der Waals surface area contributed by atoms with Crippen molar-refractivity contribution in [2.24, 2.45) is 5.73 Å². The van der Waals surface area contributed by atoms with E-state index in [0.717, 1.165) is 0 Å². The standard InChI is InChI=1S/C11H13BrF2N2O3S/c12-8-1-2-9(7(5-8)6-10(13)14)20(18,19)16-4-3-11(15)17/h1-2,5,10,16H,3-4,6H2,(H2,15,17). The molecule has 9 heteroatoms. The summed E-state index contributed by atoms with van der Waals surface area (Å²) in [6, 6.07) is 4.00. The van der Waals surface area contributed by atoms with Gasteiger partial charge in [-0.2, -0.15) is 0 Å². The number of hydrogen-bond acceptors (Lipinski definition) is 3. The highest BCUT2D eigenvalue weighted by molar-refractivity contribution is 9.10. The summed E-state index contributed by atoms with van der Waals surface area (Å²) in [4.78, 5) is 10.3. The minimum absolute atomic E-state index is 0.000880. The lowest BCUT2D eigenvalue weighted by Gasteiger charge is -2.11. The summed E-state index contributed by atoms with van der Waals surface area (Å²) in [6.45, 7) is -0.179. The molecule has 0 aromatic heterocycles. The van der Waals surface area contributed by atoms with E-state index in [1.807, 2.05) is 0 Å². The number of carbonyl (C=O) groups is 1.